The Morgan fingerprint density at radius 2 is 2.15 bits per heavy atom. The van der Waals surface area contributed by atoms with Crippen LogP contribution < -0.4 is 10.2 Å². The van der Waals surface area contributed by atoms with E-state index in [1.165, 1.54) is 67.4 Å². The van der Waals surface area contributed by atoms with E-state index in [9.17, 15) is 0 Å². The largest absolute Gasteiger partial charge is 0.367 e. The topological polar surface area (TPSA) is 72.4 Å². The monoisotopic (exact) mass is 372 g/mol. The summed E-state index contributed by atoms with van der Waals surface area (Å²) in [5.41, 5.74) is 1.48. The quantitative estimate of drug-likeness (QED) is 0.731. The van der Waals surface area contributed by atoms with Gasteiger partial charge in [0.05, 0.1) is 23.4 Å². The molecule has 2 aliphatic rings. The average molecular weight is 373 g/mol. The van der Waals surface area contributed by atoms with Gasteiger partial charge in [-0.25, -0.2) is 0 Å². The van der Waals surface area contributed by atoms with E-state index in [1.54, 1.807) is 4.90 Å². The summed E-state index contributed by atoms with van der Waals surface area (Å²) >= 11 is 1.86. The van der Waals surface area contributed by atoms with E-state index in [2.05, 4.69) is 27.8 Å². The molecule has 0 amide bonds. The first kappa shape index (κ1) is 16.4. The molecule has 1 aliphatic carbocycles. The Morgan fingerprint density at radius 3 is 3.00 bits per heavy atom. The van der Waals surface area contributed by atoms with Crippen LogP contribution in [0.1, 0.15) is 55.9 Å². The van der Waals surface area contributed by atoms with Crippen molar-refractivity contribution in [3.8, 4) is 0 Å². The molecule has 7 nitrogen and oxygen atoms in total. The molecule has 3 aromatic heterocycles. The number of aromatic nitrogens is 5. The summed E-state index contributed by atoms with van der Waals surface area (Å²) in [5.74, 6) is 1.61. The van der Waals surface area contributed by atoms with Crippen molar-refractivity contribution in [1.29, 1.82) is 0 Å². The Hall–Kier alpha value is -1.80. The van der Waals surface area contributed by atoms with Gasteiger partial charge in [0.2, 0.25) is 0 Å². The number of hydrogen-bond donors (Lipinski definition) is 2. The highest BCUT2D eigenvalue weighted by Crippen LogP contribution is 2.37. The van der Waals surface area contributed by atoms with Crippen molar-refractivity contribution in [2.75, 3.05) is 18.4 Å². The minimum Gasteiger partial charge on any atom is -0.367 e. The molecule has 3 aromatic rings. The lowest BCUT2D eigenvalue weighted by molar-refractivity contribution is -0.915. The van der Waals surface area contributed by atoms with Crippen LogP contribution in [-0.2, 0) is 13.0 Å². The lowest BCUT2D eigenvalue weighted by Gasteiger charge is -2.25. The summed E-state index contributed by atoms with van der Waals surface area (Å²) in [6.07, 6.45) is 8.82. The third-order valence-electron chi connectivity index (χ3n) is 5.85. The first-order valence-corrected chi connectivity index (χ1v) is 10.8. The fraction of sp³-hybridized carbons (Fsp3) is 0.667. The summed E-state index contributed by atoms with van der Waals surface area (Å²) in [7, 11) is 0. The molecule has 1 saturated carbocycles. The fourth-order valence-corrected chi connectivity index (χ4v) is 5.93. The van der Waals surface area contributed by atoms with Gasteiger partial charge in [-0.2, -0.15) is 9.50 Å². The number of nitrogens with one attached hydrogen (secondary N) is 2. The maximum absolute atomic E-state index is 4.81. The van der Waals surface area contributed by atoms with Gasteiger partial charge in [0.15, 0.2) is 0 Å². The second-order valence-corrected chi connectivity index (χ2v) is 8.77. The first-order chi connectivity index (χ1) is 12.8. The molecule has 2 N–H and O–H groups in total. The van der Waals surface area contributed by atoms with Crippen molar-refractivity contribution < 1.29 is 4.90 Å². The van der Waals surface area contributed by atoms with Gasteiger partial charge in [-0.1, -0.05) is 31.3 Å². The Bertz CT molecular complexity index is 925. The third kappa shape index (κ3) is 2.75. The summed E-state index contributed by atoms with van der Waals surface area (Å²) in [6.45, 7) is 5.85. The van der Waals surface area contributed by atoms with Crippen LogP contribution >= 0.6 is 11.3 Å². The lowest BCUT2D eigenvalue weighted by Crippen LogP contribution is -3.11. The van der Waals surface area contributed by atoms with Gasteiger partial charge in [-0.15, -0.1) is 11.3 Å². The minimum absolute atomic E-state index is 0.527. The van der Waals surface area contributed by atoms with Gasteiger partial charge in [-0.05, 0) is 35.3 Å². The molecule has 0 saturated heterocycles. The highest BCUT2D eigenvalue weighted by atomic mass is 32.1. The molecule has 1 atom stereocenters. The maximum atomic E-state index is 4.81. The van der Waals surface area contributed by atoms with Crippen LogP contribution in [0, 0.1) is 0 Å². The number of anilines is 1. The highest BCUT2D eigenvalue weighted by molar-refractivity contribution is 7.19. The standard InChI is InChI=1S/C18H25N7S/c1-2-9-24-10-8-13-14(11-24)26-17-15(13)16(19-12-6-4-3-5-7-12)20-18-21-22-23-25(17)18/h12H,2-11H2,1H3,(H,19,20,21,23)/p+1. The summed E-state index contributed by atoms with van der Waals surface area (Å²) in [6, 6.07) is 0.527. The predicted molar refractivity (Wildman–Crippen MR) is 103 cm³/mol. The van der Waals surface area contributed by atoms with Gasteiger partial charge >= 0.3 is 0 Å². The second kappa shape index (κ2) is 6.74. The first-order valence-electron chi connectivity index (χ1n) is 9.96. The predicted octanol–water partition coefficient (Wildman–Crippen LogP) is 1.83. The van der Waals surface area contributed by atoms with Gasteiger partial charge in [-0.3, -0.25) is 0 Å². The number of tetrazole rings is 1. The molecular formula is C18H26N7S+. The van der Waals surface area contributed by atoms with Crippen LogP contribution in [0.4, 0.5) is 5.82 Å². The molecule has 26 heavy (non-hydrogen) atoms. The summed E-state index contributed by atoms with van der Waals surface area (Å²) < 4.78 is 1.82. The van der Waals surface area contributed by atoms with Crippen molar-refractivity contribution >= 4 is 33.1 Å². The number of fused-ring (bicyclic) bond motifs is 5. The average Bonchev–Trinajstić information content (AvgIpc) is 3.26. The van der Waals surface area contributed by atoms with Gasteiger partial charge < -0.3 is 10.2 Å². The highest BCUT2D eigenvalue weighted by Gasteiger charge is 2.28. The van der Waals surface area contributed by atoms with E-state index < -0.39 is 0 Å². The minimum atomic E-state index is 0.527. The van der Waals surface area contributed by atoms with Crippen molar-refractivity contribution in [2.24, 2.45) is 0 Å². The Balaban J connectivity index is 1.61. The van der Waals surface area contributed by atoms with Crippen molar-refractivity contribution in [3.63, 3.8) is 0 Å². The normalized spacial score (nSPS) is 21.3. The maximum Gasteiger partial charge on any atom is 0.276 e. The zero-order valence-electron chi connectivity index (χ0n) is 15.3. The number of hydrogen-bond acceptors (Lipinski definition) is 6. The molecule has 1 unspecified atom stereocenters. The molecule has 0 spiro atoms. The van der Waals surface area contributed by atoms with E-state index >= 15 is 0 Å². The number of thiophene rings is 1. The van der Waals surface area contributed by atoms with E-state index in [4.69, 9.17) is 4.98 Å². The van der Waals surface area contributed by atoms with Gasteiger partial charge in [0.1, 0.15) is 17.2 Å². The lowest BCUT2D eigenvalue weighted by atomic mass is 9.95. The molecule has 0 aromatic carbocycles. The Kier molecular flexibility index (Phi) is 4.24. The van der Waals surface area contributed by atoms with E-state index in [-0.39, 0.29) is 0 Å². The van der Waals surface area contributed by atoms with Crippen LogP contribution in [0.2, 0.25) is 0 Å². The number of nitrogens with zero attached hydrogens (tertiary/aromatic N) is 5. The zero-order valence-corrected chi connectivity index (χ0v) is 16.1. The van der Waals surface area contributed by atoms with Crippen LogP contribution in [0.15, 0.2) is 0 Å². The molecule has 1 aliphatic heterocycles. The van der Waals surface area contributed by atoms with E-state index in [0.29, 0.717) is 11.8 Å². The fourth-order valence-electron chi connectivity index (χ4n) is 4.57. The third-order valence-corrected chi connectivity index (χ3v) is 7.06. The SMILES string of the molecule is CCC[NH+]1CCc2c(sc3c2c(NC2CCCCC2)nc2nnnn23)C1. The van der Waals surface area contributed by atoms with E-state index in [0.717, 1.165) is 23.6 Å². The van der Waals surface area contributed by atoms with Crippen molar-refractivity contribution in [3.05, 3.63) is 10.4 Å². The van der Waals surface area contributed by atoms with Crippen molar-refractivity contribution in [1.82, 2.24) is 25.0 Å². The molecule has 1 fully saturated rings. The van der Waals surface area contributed by atoms with E-state index in [1.807, 2.05) is 15.9 Å². The van der Waals surface area contributed by atoms with Crippen LogP contribution in [0.25, 0.3) is 16.0 Å². The van der Waals surface area contributed by atoms with Crippen molar-refractivity contribution in [2.45, 2.75) is 64.5 Å². The smallest absolute Gasteiger partial charge is 0.276 e. The second-order valence-electron chi connectivity index (χ2n) is 7.69. The summed E-state index contributed by atoms with van der Waals surface area (Å²) in [5, 5.41) is 17.2. The molecular weight excluding hydrogens is 346 g/mol. The Morgan fingerprint density at radius 1 is 1.27 bits per heavy atom. The molecule has 8 heteroatoms. The van der Waals surface area contributed by atoms with Gasteiger partial charge in [0.25, 0.3) is 5.78 Å². The number of quaternary nitrogens is 1. The summed E-state index contributed by atoms with van der Waals surface area (Å²) in [4.78, 5) is 9.14. The van der Waals surface area contributed by atoms with Gasteiger partial charge in [0, 0.05) is 12.5 Å². The molecule has 0 radical (unpaired) electrons. The Labute approximate surface area is 156 Å². The number of rotatable bonds is 4. The van der Waals surface area contributed by atoms with Crippen LogP contribution in [0.3, 0.4) is 0 Å². The molecule has 138 valence electrons. The zero-order chi connectivity index (χ0) is 17.5. The van der Waals surface area contributed by atoms with Crippen LogP contribution in [-0.4, -0.2) is 44.2 Å². The van der Waals surface area contributed by atoms with Crippen LogP contribution in [0.5, 0.6) is 0 Å². The molecule has 5 rings (SSSR count). The molecule has 0 bridgehead atoms. The molecule has 4 heterocycles.